The van der Waals surface area contributed by atoms with Crippen LogP contribution >= 0.6 is 70.2 Å². The first-order valence-electron chi connectivity index (χ1n) is 10.6. The summed E-state index contributed by atoms with van der Waals surface area (Å²) in [5.74, 6) is 0. The van der Waals surface area contributed by atoms with Crippen LogP contribution in [0.15, 0.2) is 125 Å². The maximum Gasteiger partial charge on any atom is 0.0584 e. The molecule has 4 aromatic rings. The second-order valence-corrected chi connectivity index (χ2v) is 13.2. The number of fused-ring (bicyclic) bond motifs is 2. The Labute approximate surface area is 226 Å². The molecule has 2 aliphatic rings. The van der Waals surface area contributed by atoms with Crippen LogP contribution in [0.3, 0.4) is 0 Å². The summed E-state index contributed by atoms with van der Waals surface area (Å²) in [5, 5.41) is 1.47. The zero-order chi connectivity index (χ0) is 23.1. The molecule has 0 N–H and O–H groups in total. The summed E-state index contributed by atoms with van der Waals surface area (Å²) in [6.45, 7) is 0. The van der Waals surface area contributed by atoms with Gasteiger partial charge in [-0.25, -0.2) is 0 Å². The summed E-state index contributed by atoms with van der Waals surface area (Å²) in [4.78, 5) is 5.18. The van der Waals surface area contributed by atoms with E-state index < -0.39 is 0 Å². The molecule has 0 unspecified atom stereocenters. The molecule has 4 aromatic carbocycles. The van der Waals surface area contributed by atoms with Crippen LogP contribution in [0.1, 0.15) is 11.1 Å². The van der Waals surface area contributed by atoms with Gasteiger partial charge in [-0.2, -0.15) is 0 Å². The Balaban J connectivity index is 1.60. The number of hydrogen-bond acceptors (Lipinski definition) is 4. The average molecular weight is 552 g/mol. The van der Waals surface area contributed by atoms with Crippen LogP contribution in [-0.4, -0.2) is 0 Å². The quantitative estimate of drug-likeness (QED) is 0.248. The molecule has 0 spiro atoms. The lowest BCUT2D eigenvalue weighted by atomic mass is 9.95. The van der Waals surface area contributed by atoms with Crippen molar-refractivity contribution in [3.8, 4) is 0 Å². The van der Waals surface area contributed by atoms with Crippen molar-refractivity contribution in [2.75, 3.05) is 0 Å². The van der Waals surface area contributed by atoms with E-state index in [1.54, 1.807) is 0 Å². The maximum atomic E-state index is 6.29. The Bertz CT molecular complexity index is 1290. The average Bonchev–Trinajstić information content (AvgIpc) is 3.48. The second kappa shape index (κ2) is 9.77. The van der Waals surface area contributed by atoms with Crippen LogP contribution in [-0.2, 0) is 0 Å². The van der Waals surface area contributed by atoms with Crippen LogP contribution in [0.25, 0.3) is 11.1 Å². The Morgan fingerprint density at radius 2 is 0.706 bits per heavy atom. The number of rotatable bonds is 3. The minimum atomic E-state index is 0.737. The van der Waals surface area contributed by atoms with Gasteiger partial charge in [0.1, 0.15) is 0 Å². The summed E-state index contributed by atoms with van der Waals surface area (Å²) >= 11 is 20.0. The summed E-state index contributed by atoms with van der Waals surface area (Å²) in [7, 11) is 0. The highest BCUT2D eigenvalue weighted by molar-refractivity contribution is 8.25. The first-order valence-corrected chi connectivity index (χ1v) is 14.6. The lowest BCUT2D eigenvalue weighted by Gasteiger charge is -2.18. The highest BCUT2D eigenvalue weighted by Gasteiger charge is 2.29. The van der Waals surface area contributed by atoms with Gasteiger partial charge in [-0.3, -0.25) is 0 Å². The molecule has 0 amide bonds. The lowest BCUT2D eigenvalue weighted by Crippen LogP contribution is -1.95. The van der Waals surface area contributed by atoms with Crippen molar-refractivity contribution in [1.82, 2.24) is 0 Å². The number of hydrogen-bond donors (Lipinski definition) is 0. The molecule has 0 fully saturated rings. The van der Waals surface area contributed by atoms with Crippen LogP contribution < -0.4 is 0 Å². The highest BCUT2D eigenvalue weighted by atomic mass is 35.5. The molecule has 0 bridgehead atoms. The molecule has 0 saturated carbocycles. The molecule has 34 heavy (non-hydrogen) atoms. The van der Waals surface area contributed by atoms with E-state index in [0.717, 1.165) is 21.2 Å². The van der Waals surface area contributed by atoms with E-state index in [2.05, 4.69) is 72.8 Å². The molecule has 166 valence electrons. The molecule has 2 aliphatic heterocycles. The second-order valence-electron chi connectivity index (χ2n) is 7.64. The van der Waals surface area contributed by atoms with Crippen molar-refractivity contribution < 1.29 is 0 Å². The van der Waals surface area contributed by atoms with Gasteiger partial charge in [0.05, 0.1) is 8.47 Å². The van der Waals surface area contributed by atoms with Crippen molar-refractivity contribution in [1.29, 1.82) is 0 Å². The Morgan fingerprint density at radius 3 is 1.00 bits per heavy atom. The molecule has 0 nitrogen and oxygen atoms in total. The third-order valence-corrected chi connectivity index (χ3v) is 11.1. The largest absolute Gasteiger partial charge is 0.0843 e. The van der Waals surface area contributed by atoms with E-state index in [1.165, 1.54) is 39.2 Å². The van der Waals surface area contributed by atoms with Crippen LogP contribution in [0.2, 0.25) is 10.0 Å². The van der Waals surface area contributed by atoms with Gasteiger partial charge in [0, 0.05) is 40.8 Å². The predicted molar refractivity (Wildman–Crippen MR) is 153 cm³/mol. The first-order chi connectivity index (χ1) is 16.7. The first kappa shape index (κ1) is 22.8. The number of benzene rings is 4. The molecule has 0 atom stereocenters. The number of allylic oxidation sites excluding steroid dienone is 2. The highest BCUT2D eigenvalue weighted by Crippen LogP contribution is 2.60. The predicted octanol–water partition coefficient (Wildman–Crippen LogP) is 10.8. The summed E-state index contributed by atoms with van der Waals surface area (Å²) in [6, 6.07) is 33.6. The Morgan fingerprint density at radius 1 is 0.412 bits per heavy atom. The summed E-state index contributed by atoms with van der Waals surface area (Å²) in [6.07, 6.45) is 0. The Hall–Kier alpha value is -1.66. The number of halogens is 2. The van der Waals surface area contributed by atoms with E-state index in [9.17, 15) is 0 Å². The van der Waals surface area contributed by atoms with E-state index in [-0.39, 0.29) is 0 Å². The molecular weight excluding hydrogens is 535 g/mol. The smallest absolute Gasteiger partial charge is 0.0584 e. The Kier molecular flexibility index (Phi) is 6.55. The molecule has 0 saturated heterocycles. The standard InChI is InChI=1S/C28H16Cl2S4/c29-19-13-9-17(10-14-19)25(27-31-21-5-1-2-6-22(21)32-27)26(18-11-15-20(30)16-12-18)28-33-23-7-3-4-8-24(23)34-28/h1-16H. The van der Waals surface area contributed by atoms with Crippen molar-refractivity contribution in [2.45, 2.75) is 19.6 Å². The third kappa shape index (κ3) is 4.48. The molecule has 0 aromatic heterocycles. The van der Waals surface area contributed by atoms with Gasteiger partial charge in [-0.15, -0.1) is 0 Å². The zero-order valence-corrected chi connectivity index (χ0v) is 22.4. The van der Waals surface area contributed by atoms with Crippen LogP contribution in [0, 0.1) is 0 Å². The van der Waals surface area contributed by atoms with Crippen molar-refractivity contribution >= 4 is 81.4 Å². The van der Waals surface area contributed by atoms with E-state index in [4.69, 9.17) is 23.2 Å². The van der Waals surface area contributed by atoms with Gasteiger partial charge in [0.2, 0.25) is 0 Å². The van der Waals surface area contributed by atoms with Crippen LogP contribution in [0.4, 0.5) is 0 Å². The van der Waals surface area contributed by atoms with E-state index in [0.29, 0.717) is 0 Å². The molecule has 0 aliphatic carbocycles. The molecule has 2 heterocycles. The monoisotopic (exact) mass is 550 g/mol. The van der Waals surface area contributed by atoms with Gasteiger partial charge in [-0.1, -0.05) is 119 Å². The fourth-order valence-corrected chi connectivity index (χ4v) is 9.35. The summed E-state index contributed by atoms with van der Waals surface area (Å²) in [5.41, 5.74) is 4.77. The van der Waals surface area contributed by atoms with Crippen molar-refractivity contribution in [3.05, 3.63) is 127 Å². The lowest BCUT2D eigenvalue weighted by molar-refractivity contribution is 1.27. The maximum absolute atomic E-state index is 6.29. The van der Waals surface area contributed by atoms with Gasteiger partial charge in [0.25, 0.3) is 0 Å². The zero-order valence-electron chi connectivity index (χ0n) is 17.6. The SMILES string of the molecule is Clc1ccc(C(=C2Sc3ccccc3S2)C(=C2Sc3ccccc3S2)c2ccc(Cl)cc2)cc1. The van der Waals surface area contributed by atoms with Gasteiger partial charge >= 0.3 is 0 Å². The molecule has 6 heteroatoms. The fourth-order valence-electron chi connectivity index (χ4n) is 3.84. The molecule has 6 rings (SSSR count). The normalized spacial score (nSPS) is 14.2. The van der Waals surface area contributed by atoms with Gasteiger partial charge in [-0.05, 0) is 59.7 Å². The van der Waals surface area contributed by atoms with E-state index in [1.807, 2.05) is 71.3 Å². The molecular formula is C28H16Cl2S4. The van der Waals surface area contributed by atoms with Crippen molar-refractivity contribution in [2.24, 2.45) is 0 Å². The van der Waals surface area contributed by atoms with Gasteiger partial charge in [0.15, 0.2) is 0 Å². The minimum absolute atomic E-state index is 0.737. The van der Waals surface area contributed by atoms with Crippen LogP contribution in [0.5, 0.6) is 0 Å². The topological polar surface area (TPSA) is 0 Å². The third-order valence-electron chi connectivity index (χ3n) is 5.43. The minimum Gasteiger partial charge on any atom is -0.0843 e. The molecule has 0 radical (unpaired) electrons. The fraction of sp³-hybridized carbons (Fsp3) is 0. The van der Waals surface area contributed by atoms with Gasteiger partial charge < -0.3 is 0 Å². The van der Waals surface area contributed by atoms with Crippen molar-refractivity contribution in [3.63, 3.8) is 0 Å². The summed E-state index contributed by atoms with van der Waals surface area (Å²) < 4.78 is 2.55. The van der Waals surface area contributed by atoms with E-state index >= 15 is 0 Å². The number of thioether (sulfide) groups is 4.